The second-order valence-electron chi connectivity index (χ2n) is 11.3. The highest BCUT2D eigenvalue weighted by Gasteiger charge is 2.31. The molecule has 2 aliphatic rings. The van der Waals surface area contributed by atoms with Gasteiger partial charge < -0.3 is 19.9 Å². The number of rotatable bonds is 9. The smallest absolute Gasteiger partial charge is 0.227 e. The largest absolute Gasteiger partial charge is 0.400 e. The lowest BCUT2D eigenvalue weighted by atomic mass is 9.52. The fourth-order valence-electron chi connectivity index (χ4n) is 5.56. The van der Waals surface area contributed by atoms with E-state index < -0.39 is 15.1 Å². The Balaban J connectivity index is 1.32. The van der Waals surface area contributed by atoms with Crippen LogP contribution in [0.3, 0.4) is 0 Å². The highest BCUT2D eigenvalue weighted by Crippen LogP contribution is 2.37. The summed E-state index contributed by atoms with van der Waals surface area (Å²) in [5, 5.41) is 3.88. The van der Waals surface area contributed by atoms with Crippen LogP contribution in [0.15, 0.2) is 36.7 Å². The molecule has 4 heterocycles. The molecule has 2 saturated heterocycles. The molecule has 0 atom stereocenters. The molecule has 0 spiro atoms. The van der Waals surface area contributed by atoms with Crippen molar-refractivity contribution in [1.29, 1.82) is 0 Å². The molecule has 1 N–H and O–H groups in total. The zero-order valence-corrected chi connectivity index (χ0v) is 24.1. The van der Waals surface area contributed by atoms with Crippen LogP contribution >= 0.6 is 0 Å². The van der Waals surface area contributed by atoms with Gasteiger partial charge in [0.15, 0.2) is 0 Å². The first-order chi connectivity index (χ1) is 18.8. The van der Waals surface area contributed by atoms with Crippen molar-refractivity contribution in [2.45, 2.75) is 44.0 Å². The van der Waals surface area contributed by atoms with Crippen LogP contribution in [0.5, 0.6) is 0 Å². The molecule has 9 nitrogen and oxygen atoms in total. The Morgan fingerprint density at radius 2 is 1.77 bits per heavy atom. The summed E-state index contributed by atoms with van der Waals surface area (Å²) in [6.07, 6.45) is 6.24. The predicted octanol–water partition coefficient (Wildman–Crippen LogP) is 2.47. The molecule has 40 heavy (non-hydrogen) atoms. The van der Waals surface area contributed by atoms with Crippen LogP contribution in [0.2, 0.25) is 0 Å². The van der Waals surface area contributed by atoms with Crippen LogP contribution in [-0.2, 0) is 14.6 Å². The Bertz CT molecular complexity index is 1470. The Morgan fingerprint density at radius 3 is 2.42 bits per heavy atom. The molecule has 2 fully saturated rings. The third kappa shape index (κ3) is 6.91. The van der Waals surface area contributed by atoms with E-state index in [2.05, 4.69) is 52.1 Å². The summed E-state index contributed by atoms with van der Waals surface area (Å²) in [7, 11) is 13.8. The van der Waals surface area contributed by atoms with E-state index in [1.807, 2.05) is 12.3 Å². The van der Waals surface area contributed by atoms with E-state index in [4.69, 9.17) is 38.2 Å². The summed E-state index contributed by atoms with van der Waals surface area (Å²) in [6.45, 7) is 7.19. The topological polar surface area (TPSA) is 101 Å². The number of anilines is 4. The van der Waals surface area contributed by atoms with Crippen molar-refractivity contribution in [3.63, 3.8) is 0 Å². The average Bonchev–Trinajstić information content (AvgIpc) is 2.84. The van der Waals surface area contributed by atoms with Gasteiger partial charge in [-0.15, -0.1) is 0 Å². The van der Waals surface area contributed by atoms with Crippen LogP contribution in [0.4, 0.5) is 23.3 Å². The second kappa shape index (κ2) is 11.2. The molecule has 0 amide bonds. The van der Waals surface area contributed by atoms with E-state index in [1.54, 1.807) is 6.20 Å². The van der Waals surface area contributed by atoms with Gasteiger partial charge in [-0.2, -0.15) is 4.98 Å². The van der Waals surface area contributed by atoms with E-state index in [1.165, 1.54) is 11.8 Å². The Kier molecular flexibility index (Phi) is 8.07. The van der Waals surface area contributed by atoms with Crippen LogP contribution in [0, 0.1) is 5.92 Å². The van der Waals surface area contributed by atoms with Gasteiger partial charge in [0.2, 0.25) is 5.95 Å². The number of nitrogens with one attached hydrogen (secondary N) is 1. The van der Waals surface area contributed by atoms with Crippen molar-refractivity contribution in [2.24, 2.45) is 5.92 Å². The number of sulfone groups is 1. The number of aromatic nitrogens is 3. The van der Waals surface area contributed by atoms with Crippen LogP contribution < -0.4 is 15.1 Å². The van der Waals surface area contributed by atoms with Crippen molar-refractivity contribution in [3.8, 4) is 0 Å². The van der Waals surface area contributed by atoms with Crippen LogP contribution in [0.1, 0.15) is 38.2 Å². The van der Waals surface area contributed by atoms with E-state index in [9.17, 15) is 8.42 Å². The van der Waals surface area contributed by atoms with Gasteiger partial charge >= 0.3 is 0 Å². The number of ether oxygens (including phenoxy) is 1. The van der Waals surface area contributed by atoms with Crippen molar-refractivity contribution in [2.75, 3.05) is 53.3 Å². The highest BCUT2D eigenvalue weighted by atomic mass is 32.2. The average molecular weight is 554 g/mol. The van der Waals surface area contributed by atoms with Crippen molar-refractivity contribution in [3.05, 3.63) is 42.2 Å². The van der Waals surface area contributed by atoms with Gasteiger partial charge in [0.1, 0.15) is 21.5 Å². The molecule has 3 aromatic rings. The van der Waals surface area contributed by atoms with Gasteiger partial charge in [-0.1, -0.05) is 19.9 Å². The molecule has 204 valence electrons. The molecule has 0 aliphatic carbocycles. The van der Waals surface area contributed by atoms with Gasteiger partial charge in [0.05, 0.1) is 35.4 Å². The zero-order chi connectivity index (χ0) is 28.7. The summed E-state index contributed by atoms with van der Waals surface area (Å²) in [6, 6.07) is 8.17. The number of pyridine rings is 1. The predicted molar refractivity (Wildman–Crippen MR) is 163 cm³/mol. The van der Waals surface area contributed by atoms with E-state index >= 15 is 0 Å². The summed E-state index contributed by atoms with van der Waals surface area (Å²) >= 11 is 0. The first kappa shape index (κ1) is 28.7. The van der Waals surface area contributed by atoms with Gasteiger partial charge in [0, 0.05) is 61.8 Å². The number of hydrogen-bond acceptors (Lipinski definition) is 9. The maximum atomic E-state index is 11.7. The van der Waals surface area contributed by atoms with Crippen LogP contribution in [-0.4, -0.2) is 96.5 Å². The Hall–Kier alpha value is -2.79. The third-order valence-corrected chi connectivity index (χ3v) is 8.44. The molecular weight excluding hydrogens is 521 g/mol. The van der Waals surface area contributed by atoms with Gasteiger partial charge in [-0.05, 0) is 53.2 Å². The Morgan fingerprint density at radius 1 is 1.05 bits per heavy atom. The Labute approximate surface area is 240 Å². The molecule has 5 rings (SSSR count). The zero-order valence-electron chi connectivity index (χ0n) is 23.2. The van der Waals surface area contributed by atoms with Crippen molar-refractivity contribution >= 4 is 67.4 Å². The normalized spacial score (nSPS) is 17.4. The SMILES string of the molecule is [B]C([B])([B])OC1CCN(c2nccc(Nc3cc4c(C(C)C)ccc(N5CC(CS(C)(=O)=O)C5)c4cn3)n2)CC1. The lowest BCUT2D eigenvalue weighted by molar-refractivity contribution is 0.0305. The second-order valence-corrected chi connectivity index (χ2v) is 13.5. The molecule has 13 heteroatoms. The van der Waals surface area contributed by atoms with Gasteiger partial charge in [-0.3, -0.25) is 0 Å². The third-order valence-electron chi connectivity index (χ3n) is 7.36. The lowest BCUT2D eigenvalue weighted by Crippen LogP contribution is -2.49. The maximum absolute atomic E-state index is 11.7. The first-order valence-corrected chi connectivity index (χ1v) is 15.7. The van der Waals surface area contributed by atoms with Gasteiger partial charge in [-0.25, -0.2) is 18.4 Å². The molecule has 0 bridgehead atoms. The maximum Gasteiger partial charge on any atom is 0.227 e. The minimum Gasteiger partial charge on any atom is -0.400 e. The molecular formula is C27H33B3N6O3S. The summed E-state index contributed by atoms with van der Waals surface area (Å²) < 4.78 is 28.9. The quantitative estimate of drug-likeness (QED) is 0.400. The molecule has 0 unspecified atom stereocenters. The number of nitrogens with zero attached hydrogens (tertiary/aromatic N) is 5. The van der Waals surface area contributed by atoms with E-state index in [-0.39, 0.29) is 17.8 Å². The fraction of sp³-hybridized carbons (Fsp3) is 0.519. The monoisotopic (exact) mass is 554 g/mol. The van der Waals surface area contributed by atoms with E-state index in [0.717, 1.165) is 29.5 Å². The van der Waals surface area contributed by atoms with Gasteiger partial charge in [0.25, 0.3) is 0 Å². The van der Waals surface area contributed by atoms with Crippen LogP contribution in [0.25, 0.3) is 10.8 Å². The number of fused-ring (bicyclic) bond motifs is 1. The summed E-state index contributed by atoms with van der Waals surface area (Å²) in [5.74, 6) is 2.66. The summed E-state index contributed by atoms with van der Waals surface area (Å²) in [5.41, 5.74) is 2.30. The molecule has 1 aromatic carbocycles. The number of benzene rings is 1. The molecule has 2 aromatic heterocycles. The number of hydrogen-bond donors (Lipinski definition) is 1. The highest BCUT2D eigenvalue weighted by molar-refractivity contribution is 7.90. The molecule has 0 saturated carbocycles. The fourth-order valence-corrected chi connectivity index (χ4v) is 6.63. The minimum absolute atomic E-state index is 0.110. The van der Waals surface area contributed by atoms with Crippen molar-refractivity contribution < 1.29 is 13.2 Å². The number of piperidine rings is 1. The van der Waals surface area contributed by atoms with Crippen molar-refractivity contribution in [1.82, 2.24) is 15.0 Å². The standard InChI is InChI=1S/C27H33B3N6O3S/c1-17(2)20-4-5-23(36-14-18(15-36)16-40(3,37)38)22-13-32-25(12-21(20)22)33-24-6-9-31-26(34-24)35-10-7-19(8-11-35)39-27(28,29)30/h4-6,9,12-13,17-19H,7-8,10-11,14-16H2,1-3H3,(H,31,32,33,34). The lowest BCUT2D eigenvalue weighted by Gasteiger charge is -2.41. The molecule has 6 radical (unpaired) electrons. The minimum atomic E-state index is -2.99. The summed E-state index contributed by atoms with van der Waals surface area (Å²) in [4.78, 5) is 18.2. The van der Waals surface area contributed by atoms with E-state index in [0.29, 0.717) is 49.4 Å². The first-order valence-electron chi connectivity index (χ1n) is 13.6. The molecule has 2 aliphatic heterocycles.